The van der Waals surface area contributed by atoms with E-state index in [0.29, 0.717) is 30.6 Å². The first-order valence-corrected chi connectivity index (χ1v) is 11.5. The molecule has 1 aliphatic carbocycles. The number of nitrogens with zero attached hydrogens (tertiary/aromatic N) is 1. The molecule has 34 heavy (non-hydrogen) atoms. The van der Waals surface area contributed by atoms with Gasteiger partial charge in [-0.1, -0.05) is 30.3 Å². The Morgan fingerprint density at radius 2 is 1.62 bits per heavy atom. The van der Waals surface area contributed by atoms with Crippen LogP contribution in [0, 0.1) is 5.92 Å². The normalized spacial score (nSPS) is 23.7. The number of hydrogen-bond donors (Lipinski definition) is 2. The molecular weight excluding hydrogens is 476 g/mol. The number of benzene rings is 2. The number of likely N-dealkylation sites (tertiary alicyclic amines) is 1. The van der Waals surface area contributed by atoms with Crippen molar-refractivity contribution in [3.8, 4) is 0 Å². The van der Waals surface area contributed by atoms with Crippen molar-refractivity contribution >= 4 is 23.0 Å². The van der Waals surface area contributed by atoms with Crippen LogP contribution in [0.4, 0.5) is 32.0 Å². The molecule has 0 amide bonds. The van der Waals surface area contributed by atoms with Crippen molar-refractivity contribution in [1.82, 2.24) is 10.2 Å². The Labute approximate surface area is 199 Å². The third kappa shape index (κ3) is 5.33. The Bertz CT molecular complexity index is 991. The van der Waals surface area contributed by atoms with Crippen LogP contribution < -0.4 is 10.6 Å². The first-order valence-electron chi connectivity index (χ1n) is 11.1. The zero-order valence-electron chi connectivity index (χ0n) is 18.4. The summed E-state index contributed by atoms with van der Waals surface area (Å²) < 4.78 is 78.7. The fourth-order valence-electron chi connectivity index (χ4n) is 5.30. The van der Waals surface area contributed by atoms with Crippen LogP contribution in [0.5, 0.6) is 0 Å². The van der Waals surface area contributed by atoms with Gasteiger partial charge in [0.15, 0.2) is 5.11 Å². The van der Waals surface area contributed by atoms with Gasteiger partial charge in [-0.05, 0) is 68.1 Å². The molecule has 0 spiro atoms. The summed E-state index contributed by atoms with van der Waals surface area (Å²) in [5.74, 6) is 0.469. The lowest BCUT2D eigenvalue weighted by molar-refractivity contribution is -0.143. The maximum Gasteiger partial charge on any atom is 0.416 e. The summed E-state index contributed by atoms with van der Waals surface area (Å²) >= 11 is 5.22. The molecule has 1 saturated heterocycles. The molecule has 2 N–H and O–H groups in total. The van der Waals surface area contributed by atoms with E-state index in [2.05, 4.69) is 34.6 Å². The molecule has 2 fully saturated rings. The van der Waals surface area contributed by atoms with Crippen LogP contribution in [0.2, 0.25) is 0 Å². The first kappa shape index (κ1) is 24.8. The van der Waals surface area contributed by atoms with Gasteiger partial charge in [-0.3, -0.25) is 4.90 Å². The Balaban J connectivity index is 1.45. The van der Waals surface area contributed by atoms with Crippen molar-refractivity contribution in [1.29, 1.82) is 0 Å². The molecule has 2 aliphatic rings. The fourth-order valence-corrected chi connectivity index (χ4v) is 5.51. The second-order valence-electron chi connectivity index (χ2n) is 8.96. The van der Waals surface area contributed by atoms with E-state index in [1.165, 1.54) is 5.56 Å². The number of rotatable bonds is 5. The van der Waals surface area contributed by atoms with Crippen LogP contribution in [0.15, 0.2) is 48.5 Å². The molecular formula is C24H25F6N3S. The predicted molar refractivity (Wildman–Crippen MR) is 122 cm³/mol. The maximum absolute atomic E-state index is 13.1. The second kappa shape index (κ2) is 9.37. The highest BCUT2D eigenvalue weighted by molar-refractivity contribution is 7.80. The highest BCUT2D eigenvalue weighted by Gasteiger charge is 2.47. The van der Waals surface area contributed by atoms with Gasteiger partial charge >= 0.3 is 12.4 Å². The molecule has 2 aromatic rings. The molecule has 0 aromatic heterocycles. The van der Waals surface area contributed by atoms with E-state index < -0.39 is 23.5 Å². The minimum absolute atomic E-state index is 0.0115. The van der Waals surface area contributed by atoms with Crippen molar-refractivity contribution in [2.24, 2.45) is 5.92 Å². The second-order valence-corrected chi connectivity index (χ2v) is 9.37. The number of alkyl halides is 6. The Morgan fingerprint density at radius 1 is 1.00 bits per heavy atom. The van der Waals surface area contributed by atoms with Crippen molar-refractivity contribution in [3.05, 3.63) is 65.2 Å². The van der Waals surface area contributed by atoms with Crippen LogP contribution in [0.3, 0.4) is 0 Å². The first-order chi connectivity index (χ1) is 15.9. The molecule has 4 atom stereocenters. The van der Waals surface area contributed by atoms with Gasteiger partial charge in [0, 0.05) is 30.4 Å². The molecule has 4 rings (SSSR count). The molecule has 0 radical (unpaired) electrons. The number of anilines is 1. The third-order valence-corrected chi connectivity index (χ3v) is 7.09. The van der Waals surface area contributed by atoms with Gasteiger partial charge in [-0.2, -0.15) is 26.3 Å². The molecule has 2 bridgehead atoms. The van der Waals surface area contributed by atoms with Crippen molar-refractivity contribution in [2.45, 2.75) is 56.7 Å². The number of halogens is 6. The number of nitrogens with one attached hydrogen (secondary N) is 2. The van der Waals surface area contributed by atoms with Crippen LogP contribution in [-0.4, -0.2) is 28.6 Å². The predicted octanol–water partition coefficient (Wildman–Crippen LogP) is 6.62. The zero-order chi connectivity index (χ0) is 24.7. The van der Waals surface area contributed by atoms with Gasteiger partial charge in [0.25, 0.3) is 0 Å². The van der Waals surface area contributed by atoms with Crippen LogP contribution in [0.1, 0.15) is 48.9 Å². The molecule has 10 heteroatoms. The molecule has 184 valence electrons. The van der Waals surface area contributed by atoms with E-state index in [4.69, 9.17) is 12.2 Å². The quantitative estimate of drug-likeness (QED) is 0.356. The van der Waals surface area contributed by atoms with E-state index >= 15 is 0 Å². The highest BCUT2D eigenvalue weighted by Crippen LogP contribution is 2.46. The van der Waals surface area contributed by atoms with E-state index in [1.807, 2.05) is 18.2 Å². The van der Waals surface area contributed by atoms with Gasteiger partial charge in [-0.15, -0.1) is 0 Å². The van der Waals surface area contributed by atoms with Crippen LogP contribution in [-0.2, 0) is 12.4 Å². The number of thiocarbonyl (C=S) groups is 1. The smallest absolute Gasteiger partial charge is 0.361 e. The van der Waals surface area contributed by atoms with Gasteiger partial charge < -0.3 is 10.6 Å². The molecule has 0 unspecified atom stereocenters. The lowest BCUT2D eigenvalue weighted by Crippen LogP contribution is -2.49. The number of piperidine rings is 1. The topological polar surface area (TPSA) is 27.3 Å². The summed E-state index contributed by atoms with van der Waals surface area (Å²) in [5.41, 5.74) is -1.93. The molecule has 1 aliphatic heterocycles. The monoisotopic (exact) mass is 501 g/mol. The van der Waals surface area contributed by atoms with E-state index in [-0.39, 0.29) is 28.9 Å². The average molecular weight is 502 g/mol. The molecule has 1 heterocycles. The van der Waals surface area contributed by atoms with Gasteiger partial charge in [0.05, 0.1) is 11.1 Å². The number of fused-ring (bicyclic) bond motifs is 2. The Hall–Kier alpha value is -2.33. The van der Waals surface area contributed by atoms with E-state index in [0.717, 1.165) is 19.3 Å². The van der Waals surface area contributed by atoms with Gasteiger partial charge in [0.2, 0.25) is 0 Å². The van der Waals surface area contributed by atoms with Gasteiger partial charge in [-0.25, -0.2) is 0 Å². The summed E-state index contributed by atoms with van der Waals surface area (Å²) in [6.45, 7) is 2.61. The van der Waals surface area contributed by atoms with E-state index in [1.54, 1.807) is 0 Å². The lowest BCUT2D eigenvalue weighted by Gasteiger charge is -2.40. The Kier molecular flexibility index (Phi) is 6.83. The maximum atomic E-state index is 13.1. The molecule has 3 nitrogen and oxygen atoms in total. The van der Waals surface area contributed by atoms with Crippen LogP contribution >= 0.6 is 12.2 Å². The third-order valence-electron chi connectivity index (χ3n) is 6.84. The van der Waals surface area contributed by atoms with Gasteiger partial charge in [0.1, 0.15) is 0 Å². The number of hydrogen-bond acceptors (Lipinski definition) is 2. The summed E-state index contributed by atoms with van der Waals surface area (Å²) in [6.07, 6.45) is -6.54. The largest absolute Gasteiger partial charge is 0.416 e. The summed E-state index contributed by atoms with van der Waals surface area (Å²) in [4.78, 5) is 2.46. The minimum Gasteiger partial charge on any atom is -0.361 e. The Morgan fingerprint density at radius 3 is 2.21 bits per heavy atom. The van der Waals surface area contributed by atoms with Crippen molar-refractivity contribution in [2.75, 3.05) is 11.9 Å². The molecule has 2 aromatic carbocycles. The zero-order valence-corrected chi connectivity index (χ0v) is 19.2. The van der Waals surface area contributed by atoms with Crippen molar-refractivity contribution in [3.63, 3.8) is 0 Å². The summed E-state index contributed by atoms with van der Waals surface area (Å²) in [5, 5.41) is 5.53. The van der Waals surface area contributed by atoms with E-state index in [9.17, 15) is 26.3 Å². The molecule has 1 saturated carbocycles. The van der Waals surface area contributed by atoms with Crippen molar-refractivity contribution < 1.29 is 26.3 Å². The fraction of sp³-hybridized carbons (Fsp3) is 0.458. The standard InChI is InChI=1S/C24H25F6N3S/c1-14(15-5-3-2-4-6-15)33-20-8-7-16(9-20)21(33)13-31-22(34)32-19-11-17(23(25,26)27)10-18(12-19)24(28,29)30/h2-6,10-12,14,16,20-21H,7-9,13H2,1H3,(H2,31,32,34)/t14-,16+,20-,21-/m1/s1. The highest BCUT2D eigenvalue weighted by atomic mass is 32.1. The lowest BCUT2D eigenvalue weighted by atomic mass is 9.95. The average Bonchev–Trinajstić information content (AvgIpc) is 3.38. The minimum atomic E-state index is -4.91. The summed E-state index contributed by atoms with van der Waals surface area (Å²) in [7, 11) is 0. The SMILES string of the molecule is C[C@H](c1ccccc1)N1[C@@H]2CC[C@@H](C2)[C@H]1CNC(=S)Nc1cc(C(F)(F)F)cc(C(F)(F)F)c1. The summed E-state index contributed by atoms with van der Waals surface area (Å²) in [6, 6.07) is 12.3. The van der Waals surface area contributed by atoms with Crippen LogP contribution in [0.25, 0.3) is 0 Å².